The molecule has 0 aromatic heterocycles. The summed E-state index contributed by atoms with van der Waals surface area (Å²) in [4.78, 5) is 0. The largest absolute Gasteiger partial charge is 0.396 e. The first-order valence-electron chi connectivity index (χ1n) is 11.6. The second-order valence-corrected chi connectivity index (χ2v) is 8.75. The molecule has 0 spiro atoms. The molecule has 1 aliphatic rings. The van der Waals surface area contributed by atoms with Gasteiger partial charge in [0.2, 0.25) is 0 Å². The molecule has 1 unspecified atom stereocenters. The lowest BCUT2D eigenvalue weighted by Crippen LogP contribution is -2.40. The van der Waals surface area contributed by atoms with Crippen LogP contribution < -0.4 is 0 Å². The van der Waals surface area contributed by atoms with Crippen molar-refractivity contribution >= 4 is 0 Å². The fourth-order valence-electron chi connectivity index (χ4n) is 4.60. The van der Waals surface area contributed by atoms with E-state index in [9.17, 15) is 15.3 Å². The lowest BCUT2D eigenvalue weighted by molar-refractivity contribution is -0.0303. The van der Waals surface area contributed by atoms with Gasteiger partial charge in [-0.1, -0.05) is 103 Å². The average Bonchev–Trinajstić information content (AvgIpc) is 2.67. The number of rotatable bonds is 3. The molecule has 0 aliphatic heterocycles. The summed E-state index contributed by atoms with van der Waals surface area (Å²) in [5.41, 5.74) is -0.490. The van der Waals surface area contributed by atoms with Crippen LogP contribution in [-0.2, 0) is 0 Å². The highest BCUT2D eigenvalue weighted by Gasteiger charge is 2.36. The van der Waals surface area contributed by atoms with Gasteiger partial charge < -0.3 is 15.3 Å². The second-order valence-electron chi connectivity index (χ2n) is 8.75. The van der Waals surface area contributed by atoms with Gasteiger partial charge in [-0.2, -0.15) is 0 Å². The van der Waals surface area contributed by atoms with Crippen molar-refractivity contribution in [1.82, 2.24) is 0 Å². The van der Waals surface area contributed by atoms with Crippen LogP contribution in [0.3, 0.4) is 0 Å². The van der Waals surface area contributed by atoms with E-state index in [0.717, 1.165) is 25.7 Å². The Labute approximate surface area is 162 Å². The molecule has 0 aromatic rings. The van der Waals surface area contributed by atoms with Crippen LogP contribution in [0.5, 0.6) is 0 Å². The van der Waals surface area contributed by atoms with Crippen molar-refractivity contribution in [1.29, 1.82) is 0 Å². The van der Waals surface area contributed by atoms with Gasteiger partial charge in [0.05, 0.1) is 13.2 Å². The van der Waals surface area contributed by atoms with E-state index in [1.54, 1.807) is 0 Å². The quantitative estimate of drug-likeness (QED) is 0.606. The zero-order valence-corrected chi connectivity index (χ0v) is 17.3. The number of aliphatic hydroxyl groups excluding tert-OH is 3. The first-order valence-corrected chi connectivity index (χ1v) is 11.6. The molecule has 0 saturated heterocycles. The molecule has 0 aromatic carbocycles. The van der Waals surface area contributed by atoms with E-state index in [1.165, 1.54) is 89.9 Å². The minimum atomic E-state index is -0.490. The molecular formula is C23H46O3. The molecule has 0 heterocycles. The fraction of sp³-hybridized carbons (Fsp3) is 1.00. The normalized spacial score (nSPS) is 26.2. The lowest BCUT2D eigenvalue weighted by Gasteiger charge is -2.37. The van der Waals surface area contributed by atoms with Crippen LogP contribution in [0.4, 0.5) is 0 Å². The maximum atomic E-state index is 9.99. The molecule has 1 fully saturated rings. The molecule has 26 heavy (non-hydrogen) atoms. The van der Waals surface area contributed by atoms with Crippen molar-refractivity contribution in [2.75, 3.05) is 19.8 Å². The van der Waals surface area contributed by atoms with Gasteiger partial charge >= 0.3 is 0 Å². The third kappa shape index (κ3) is 9.71. The molecule has 1 atom stereocenters. The first-order chi connectivity index (χ1) is 12.8. The molecule has 0 bridgehead atoms. The molecule has 1 saturated carbocycles. The minimum Gasteiger partial charge on any atom is -0.396 e. The summed E-state index contributed by atoms with van der Waals surface area (Å²) in [5.74, 6) is 0.0306. The Balaban J connectivity index is 2.49. The van der Waals surface area contributed by atoms with Crippen molar-refractivity contribution < 1.29 is 15.3 Å². The van der Waals surface area contributed by atoms with Crippen LogP contribution in [-0.4, -0.2) is 35.1 Å². The van der Waals surface area contributed by atoms with Crippen molar-refractivity contribution in [3.63, 3.8) is 0 Å². The predicted molar refractivity (Wildman–Crippen MR) is 110 cm³/mol. The minimum absolute atomic E-state index is 0.00523. The summed E-state index contributed by atoms with van der Waals surface area (Å²) in [5, 5.41) is 29.9. The first kappa shape index (κ1) is 23.9. The van der Waals surface area contributed by atoms with E-state index >= 15 is 0 Å². The topological polar surface area (TPSA) is 60.7 Å². The Kier molecular flexibility index (Phi) is 14.6. The summed E-state index contributed by atoms with van der Waals surface area (Å²) in [6.07, 6.45) is 22.6. The highest BCUT2D eigenvalue weighted by atomic mass is 16.3. The average molecular weight is 371 g/mol. The standard InChI is InChI=1S/C23H46O3/c24-19-22-17-15-13-11-9-7-5-3-1-2-4-6-8-10-12-14-16-18-23(22,20-25)21-26/h22,24-26H,1-21H2. The zero-order valence-electron chi connectivity index (χ0n) is 17.3. The maximum absolute atomic E-state index is 9.99. The second kappa shape index (κ2) is 15.9. The Morgan fingerprint density at radius 3 is 1.19 bits per heavy atom. The van der Waals surface area contributed by atoms with Gasteiger partial charge in [0.15, 0.2) is 0 Å². The summed E-state index contributed by atoms with van der Waals surface area (Å²) in [6.45, 7) is 0.0740. The van der Waals surface area contributed by atoms with E-state index in [4.69, 9.17) is 0 Å². The SMILES string of the molecule is OCC1CCCCCCCCCCCCCCCCCCC1(CO)CO. The Morgan fingerprint density at radius 2 is 0.846 bits per heavy atom. The van der Waals surface area contributed by atoms with Gasteiger partial charge in [-0.05, 0) is 18.8 Å². The Hall–Kier alpha value is -0.120. The third-order valence-electron chi connectivity index (χ3n) is 6.69. The number of hydrogen-bond acceptors (Lipinski definition) is 3. The van der Waals surface area contributed by atoms with E-state index in [-0.39, 0.29) is 25.7 Å². The Bertz CT molecular complexity index is 302. The van der Waals surface area contributed by atoms with Crippen LogP contribution >= 0.6 is 0 Å². The fourth-order valence-corrected chi connectivity index (χ4v) is 4.60. The van der Waals surface area contributed by atoms with Gasteiger partial charge in [0.1, 0.15) is 0 Å². The van der Waals surface area contributed by atoms with Gasteiger partial charge in [-0.15, -0.1) is 0 Å². The highest BCUT2D eigenvalue weighted by molar-refractivity contribution is 4.85. The molecule has 3 heteroatoms. The van der Waals surface area contributed by atoms with Crippen molar-refractivity contribution in [2.45, 2.75) is 116 Å². The van der Waals surface area contributed by atoms with E-state index in [0.29, 0.717) is 0 Å². The van der Waals surface area contributed by atoms with Gasteiger partial charge in [0, 0.05) is 12.0 Å². The molecule has 1 aliphatic carbocycles. The van der Waals surface area contributed by atoms with Crippen molar-refractivity contribution in [3.8, 4) is 0 Å². The van der Waals surface area contributed by atoms with Crippen LogP contribution in [0.2, 0.25) is 0 Å². The van der Waals surface area contributed by atoms with Gasteiger partial charge in [-0.25, -0.2) is 0 Å². The molecule has 0 amide bonds. The molecule has 156 valence electrons. The maximum Gasteiger partial charge on any atom is 0.0512 e. The molecular weight excluding hydrogens is 324 g/mol. The molecule has 3 nitrogen and oxygen atoms in total. The van der Waals surface area contributed by atoms with Crippen molar-refractivity contribution in [2.24, 2.45) is 11.3 Å². The van der Waals surface area contributed by atoms with Gasteiger partial charge in [0.25, 0.3) is 0 Å². The summed E-state index contributed by atoms with van der Waals surface area (Å²) < 4.78 is 0. The monoisotopic (exact) mass is 370 g/mol. The number of aliphatic hydroxyl groups is 3. The molecule has 0 radical (unpaired) electrons. The summed E-state index contributed by atoms with van der Waals surface area (Å²) in [6, 6.07) is 0. The lowest BCUT2D eigenvalue weighted by atomic mass is 9.71. The smallest absolute Gasteiger partial charge is 0.0512 e. The summed E-state index contributed by atoms with van der Waals surface area (Å²) >= 11 is 0. The zero-order chi connectivity index (χ0) is 18.9. The van der Waals surface area contributed by atoms with E-state index in [1.807, 2.05) is 0 Å². The summed E-state index contributed by atoms with van der Waals surface area (Å²) in [7, 11) is 0. The van der Waals surface area contributed by atoms with E-state index < -0.39 is 5.41 Å². The predicted octanol–water partition coefficient (Wildman–Crippen LogP) is 5.60. The van der Waals surface area contributed by atoms with Crippen LogP contribution in [0.1, 0.15) is 116 Å². The van der Waals surface area contributed by atoms with Gasteiger partial charge in [-0.3, -0.25) is 0 Å². The Morgan fingerprint density at radius 1 is 0.500 bits per heavy atom. The third-order valence-corrected chi connectivity index (χ3v) is 6.69. The molecule has 1 rings (SSSR count). The van der Waals surface area contributed by atoms with Crippen LogP contribution in [0.25, 0.3) is 0 Å². The van der Waals surface area contributed by atoms with Crippen molar-refractivity contribution in [3.05, 3.63) is 0 Å². The van der Waals surface area contributed by atoms with Crippen LogP contribution in [0, 0.1) is 11.3 Å². The van der Waals surface area contributed by atoms with Crippen LogP contribution in [0.15, 0.2) is 0 Å². The highest BCUT2D eigenvalue weighted by Crippen LogP contribution is 2.36. The number of hydrogen-bond donors (Lipinski definition) is 3. The van der Waals surface area contributed by atoms with E-state index in [2.05, 4.69) is 0 Å². The molecule has 3 N–H and O–H groups in total.